The maximum atomic E-state index is 12.2. The molecule has 4 heterocycles. The highest BCUT2D eigenvalue weighted by atomic mass is 16.5. The highest BCUT2D eigenvalue weighted by molar-refractivity contribution is 5.90. The Morgan fingerprint density at radius 2 is 1.79 bits per heavy atom. The van der Waals surface area contributed by atoms with Crippen LogP contribution in [0.2, 0.25) is 0 Å². The van der Waals surface area contributed by atoms with E-state index in [0.717, 1.165) is 29.6 Å². The zero-order valence-corrected chi connectivity index (χ0v) is 22.8. The molecule has 2 aliphatic heterocycles. The number of hydrogen-bond acceptors (Lipinski definition) is 7. The quantitative estimate of drug-likeness (QED) is 0.458. The Kier molecular flexibility index (Phi) is 7.30. The van der Waals surface area contributed by atoms with E-state index in [-0.39, 0.29) is 23.5 Å². The van der Waals surface area contributed by atoms with Crippen LogP contribution in [0, 0.1) is 5.41 Å². The number of aromatic nitrogens is 4. The number of piperidine rings is 1. The van der Waals surface area contributed by atoms with Gasteiger partial charge in [0, 0.05) is 37.9 Å². The van der Waals surface area contributed by atoms with Crippen LogP contribution in [-0.2, 0) is 4.74 Å². The van der Waals surface area contributed by atoms with Crippen LogP contribution in [-0.4, -0.2) is 87.8 Å². The molecule has 1 aromatic carbocycles. The lowest BCUT2D eigenvalue weighted by Crippen LogP contribution is -2.54. The van der Waals surface area contributed by atoms with E-state index >= 15 is 0 Å². The summed E-state index contributed by atoms with van der Waals surface area (Å²) < 4.78 is 7.50. The SMILES string of the molecule is CNC(=O)Nc1ccc(-c2nc(N3CCOCC3)c3cnn([C@H]4CCCN(C(=O)O)C4C(C)(C)C)c3n2)cc1. The molecule has 2 saturated heterocycles. The van der Waals surface area contributed by atoms with Crippen LogP contribution in [0.1, 0.15) is 39.7 Å². The number of urea groups is 1. The zero-order valence-electron chi connectivity index (χ0n) is 22.8. The Hall–Kier alpha value is -3.93. The average Bonchev–Trinajstić information content (AvgIpc) is 3.36. The standard InChI is InChI=1S/C27H36N8O4/c1-27(2,3)21-20(6-5-11-34(21)26(37)38)35-24-19(16-29-35)23(33-12-14-39-15-13-33)31-22(32-24)17-7-9-18(10-8-17)30-25(36)28-4/h7-10,16,20-21H,5-6,11-15H2,1-4H3,(H,37,38)(H2,28,30,36)/t20-,21?/m0/s1. The Bertz CT molecular complexity index is 1340. The van der Waals surface area contributed by atoms with Crippen molar-refractivity contribution in [1.82, 2.24) is 30.0 Å². The van der Waals surface area contributed by atoms with Crippen LogP contribution in [0.5, 0.6) is 0 Å². The number of carbonyl (C=O) groups is 2. The summed E-state index contributed by atoms with van der Waals surface area (Å²) in [5.74, 6) is 1.32. The first-order chi connectivity index (χ1) is 18.7. The Morgan fingerprint density at radius 3 is 2.44 bits per heavy atom. The molecule has 3 N–H and O–H groups in total. The van der Waals surface area contributed by atoms with Gasteiger partial charge in [-0.25, -0.2) is 24.2 Å². The molecule has 0 radical (unpaired) electrons. The van der Waals surface area contributed by atoms with E-state index in [9.17, 15) is 14.7 Å². The largest absolute Gasteiger partial charge is 0.465 e. The van der Waals surface area contributed by atoms with Crippen LogP contribution in [0.15, 0.2) is 30.5 Å². The molecule has 2 atom stereocenters. The molecule has 0 bridgehead atoms. The summed E-state index contributed by atoms with van der Waals surface area (Å²) >= 11 is 0. The molecule has 2 fully saturated rings. The van der Waals surface area contributed by atoms with Crippen molar-refractivity contribution in [2.24, 2.45) is 5.41 Å². The van der Waals surface area contributed by atoms with Crippen LogP contribution in [0.3, 0.4) is 0 Å². The molecular weight excluding hydrogens is 500 g/mol. The second-order valence-corrected chi connectivity index (χ2v) is 11.1. The maximum Gasteiger partial charge on any atom is 0.407 e. The number of anilines is 2. The van der Waals surface area contributed by atoms with Gasteiger partial charge in [-0.05, 0) is 42.5 Å². The van der Waals surface area contributed by atoms with Gasteiger partial charge in [-0.3, -0.25) is 0 Å². The number of fused-ring (bicyclic) bond motifs is 1. The van der Waals surface area contributed by atoms with Crippen molar-refractivity contribution in [3.8, 4) is 11.4 Å². The number of likely N-dealkylation sites (tertiary alicyclic amines) is 1. The van der Waals surface area contributed by atoms with E-state index in [1.807, 2.05) is 28.9 Å². The summed E-state index contributed by atoms with van der Waals surface area (Å²) in [4.78, 5) is 37.7. The van der Waals surface area contributed by atoms with Gasteiger partial charge in [0.1, 0.15) is 5.82 Å². The van der Waals surface area contributed by atoms with Gasteiger partial charge in [0.25, 0.3) is 0 Å². The number of carbonyl (C=O) groups excluding carboxylic acids is 1. The smallest absolute Gasteiger partial charge is 0.407 e. The Morgan fingerprint density at radius 1 is 1.08 bits per heavy atom. The predicted molar refractivity (Wildman–Crippen MR) is 148 cm³/mol. The summed E-state index contributed by atoms with van der Waals surface area (Å²) in [5, 5.41) is 21.0. The molecule has 12 heteroatoms. The lowest BCUT2D eigenvalue weighted by atomic mass is 9.77. The highest BCUT2D eigenvalue weighted by Crippen LogP contribution is 2.40. The highest BCUT2D eigenvalue weighted by Gasteiger charge is 2.43. The van der Waals surface area contributed by atoms with Crippen molar-refractivity contribution in [1.29, 1.82) is 0 Å². The number of amides is 3. The number of nitrogens with one attached hydrogen (secondary N) is 2. The Balaban J connectivity index is 1.62. The molecule has 0 aliphatic carbocycles. The minimum absolute atomic E-state index is 0.174. The fourth-order valence-corrected chi connectivity index (χ4v) is 5.69. The molecule has 1 unspecified atom stereocenters. The number of benzene rings is 1. The average molecular weight is 537 g/mol. The number of ether oxygens (including phenoxy) is 1. The second-order valence-electron chi connectivity index (χ2n) is 11.1. The fourth-order valence-electron chi connectivity index (χ4n) is 5.69. The molecule has 39 heavy (non-hydrogen) atoms. The topological polar surface area (TPSA) is 138 Å². The van der Waals surface area contributed by atoms with Gasteiger partial charge in [0.15, 0.2) is 11.5 Å². The first-order valence-corrected chi connectivity index (χ1v) is 13.3. The van der Waals surface area contributed by atoms with E-state index in [1.165, 1.54) is 0 Å². The molecular formula is C27H36N8O4. The minimum atomic E-state index is -0.911. The van der Waals surface area contributed by atoms with Crippen molar-refractivity contribution >= 4 is 34.7 Å². The first-order valence-electron chi connectivity index (χ1n) is 13.3. The third-order valence-electron chi connectivity index (χ3n) is 7.42. The Labute approximate surface area is 227 Å². The van der Waals surface area contributed by atoms with Gasteiger partial charge in [-0.1, -0.05) is 20.8 Å². The second kappa shape index (κ2) is 10.7. The fraction of sp³-hybridized carbons (Fsp3) is 0.519. The number of nitrogens with zero attached hydrogens (tertiary/aromatic N) is 6. The molecule has 3 aromatic rings. The third kappa shape index (κ3) is 5.33. The van der Waals surface area contributed by atoms with Crippen LogP contribution in [0.4, 0.5) is 21.1 Å². The minimum Gasteiger partial charge on any atom is -0.465 e. The van der Waals surface area contributed by atoms with E-state index in [1.54, 1.807) is 18.1 Å². The van der Waals surface area contributed by atoms with Gasteiger partial charge in [-0.15, -0.1) is 0 Å². The van der Waals surface area contributed by atoms with Gasteiger partial charge in [0.05, 0.1) is 36.9 Å². The summed E-state index contributed by atoms with van der Waals surface area (Å²) in [5.41, 5.74) is 1.82. The van der Waals surface area contributed by atoms with Crippen molar-refractivity contribution in [3.63, 3.8) is 0 Å². The number of carboxylic acid groups (broad SMARTS) is 1. The van der Waals surface area contributed by atoms with Crippen LogP contribution < -0.4 is 15.5 Å². The lowest BCUT2D eigenvalue weighted by molar-refractivity contribution is 0.0248. The molecule has 3 amide bonds. The zero-order chi connectivity index (χ0) is 27.7. The maximum absolute atomic E-state index is 12.2. The van der Waals surface area contributed by atoms with E-state index < -0.39 is 6.09 Å². The van der Waals surface area contributed by atoms with Crippen molar-refractivity contribution in [2.45, 2.75) is 45.7 Å². The summed E-state index contributed by atoms with van der Waals surface area (Å²) in [6, 6.07) is 6.63. The number of hydrogen-bond donors (Lipinski definition) is 3. The summed E-state index contributed by atoms with van der Waals surface area (Å²) in [6.45, 7) is 9.35. The van der Waals surface area contributed by atoms with Crippen LogP contribution >= 0.6 is 0 Å². The predicted octanol–water partition coefficient (Wildman–Crippen LogP) is 3.81. The van der Waals surface area contributed by atoms with Gasteiger partial charge in [-0.2, -0.15) is 5.10 Å². The first kappa shape index (κ1) is 26.7. The molecule has 5 rings (SSSR count). The molecule has 12 nitrogen and oxygen atoms in total. The van der Waals surface area contributed by atoms with E-state index in [0.29, 0.717) is 50.0 Å². The molecule has 2 aromatic heterocycles. The summed E-state index contributed by atoms with van der Waals surface area (Å²) in [6.07, 6.45) is 2.44. The van der Waals surface area contributed by atoms with Crippen molar-refractivity contribution in [3.05, 3.63) is 30.5 Å². The van der Waals surface area contributed by atoms with Gasteiger partial charge in [0.2, 0.25) is 0 Å². The van der Waals surface area contributed by atoms with E-state index in [2.05, 4.69) is 36.3 Å². The van der Waals surface area contributed by atoms with Gasteiger partial charge >= 0.3 is 12.1 Å². The number of morpholine rings is 1. The molecule has 2 aliphatic rings. The molecule has 0 spiro atoms. The van der Waals surface area contributed by atoms with E-state index in [4.69, 9.17) is 19.8 Å². The summed E-state index contributed by atoms with van der Waals surface area (Å²) in [7, 11) is 1.56. The van der Waals surface area contributed by atoms with Crippen LogP contribution in [0.25, 0.3) is 22.4 Å². The normalized spacial score (nSPS) is 20.2. The van der Waals surface area contributed by atoms with Gasteiger partial charge < -0.3 is 30.3 Å². The van der Waals surface area contributed by atoms with Crippen molar-refractivity contribution < 1.29 is 19.4 Å². The monoisotopic (exact) mass is 536 g/mol. The lowest BCUT2D eigenvalue weighted by Gasteiger charge is -2.46. The van der Waals surface area contributed by atoms with Crippen molar-refractivity contribution in [2.75, 3.05) is 50.1 Å². The number of rotatable bonds is 4. The third-order valence-corrected chi connectivity index (χ3v) is 7.42. The molecule has 0 saturated carbocycles. The molecule has 208 valence electrons.